The molecule has 0 bridgehead atoms. The fourth-order valence-corrected chi connectivity index (χ4v) is 3.14. The highest BCUT2D eigenvalue weighted by Gasteiger charge is 2.25. The summed E-state index contributed by atoms with van der Waals surface area (Å²) in [6.07, 6.45) is 3.72. The van der Waals surface area contributed by atoms with Crippen LogP contribution in [0.5, 0.6) is 0 Å². The summed E-state index contributed by atoms with van der Waals surface area (Å²) in [5, 5.41) is 7.04. The molecule has 0 spiro atoms. The molecule has 6 heteroatoms. The molecule has 2 aromatic rings. The van der Waals surface area contributed by atoms with Crippen molar-refractivity contribution in [1.82, 2.24) is 15.1 Å². The number of nitrogens with one attached hydrogen (secondary N) is 1. The van der Waals surface area contributed by atoms with Crippen LogP contribution >= 0.6 is 0 Å². The first kappa shape index (κ1) is 15.1. The van der Waals surface area contributed by atoms with Crippen molar-refractivity contribution in [2.45, 2.75) is 32.2 Å². The maximum absolute atomic E-state index is 13.8. The quantitative estimate of drug-likeness (QED) is 0.880. The van der Waals surface area contributed by atoms with E-state index in [1.165, 1.54) is 0 Å². The van der Waals surface area contributed by atoms with Gasteiger partial charge < -0.3 is 0 Å². The topological polar surface area (TPSA) is 31.9 Å². The van der Waals surface area contributed by atoms with Gasteiger partial charge in [-0.2, -0.15) is 5.10 Å². The molecule has 1 N–H and O–H groups in total. The fourth-order valence-electron chi connectivity index (χ4n) is 3.14. The summed E-state index contributed by atoms with van der Waals surface area (Å²) in [7, 11) is 0. The number of H-pyrrole nitrogens is 1. The molecule has 0 radical (unpaired) electrons. The van der Waals surface area contributed by atoms with Gasteiger partial charge in [0.25, 0.3) is 0 Å². The Labute approximate surface area is 127 Å². The molecule has 1 aliphatic rings. The lowest BCUT2D eigenvalue weighted by atomic mass is 9.92. The summed E-state index contributed by atoms with van der Waals surface area (Å²) in [5.74, 6) is -2.52. The zero-order chi connectivity index (χ0) is 15.7. The van der Waals surface area contributed by atoms with Crippen LogP contribution in [0.2, 0.25) is 0 Å². The van der Waals surface area contributed by atoms with Crippen molar-refractivity contribution in [1.29, 1.82) is 0 Å². The van der Waals surface area contributed by atoms with Gasteiger partial charge in [0, 0.05) is 30.3 Å². The van der Waals surface area contributed by atoms with Gasteiger partial charge in [-0.1, -0.05) is 0 Å². The smallest absolute Gasteiger partial charge is 0.166 e. The van der Waals surface area contributed by atoms with E-state index in [1.807, 2.05) is 11.8 Å². The van der Waals surface area contributed by atoms with Crippen molar-refractivity contribution in [3.63, 3.8) is 0 Å². The number of benzene rings is 1. The second kappa shape index (κ2) is 6.12. The Morgan fingerprint density at radius 1 is 1.27 bits per heavy atom. The molecule has 3 nitrogen and oxygen atoms in total. The summed E-state index contributed by atoms with van der Waals surface area (Å²) in [6.45, 7) is 3.50. The molecule has 1 aromatic carbocycles. The lowest BCUT2D eigenvalue weighted by molar-refractivity contribution is 0.193. The van der Waals surface area contributed by atoms with Crippen LogP contribution in [-0.2, 0) is 6.54 Å². The first-order chi connectivity index (χ1) is 10.6. The molecule has 1 aromatic heterocycles. The Hall–Kier alpha value is -1.82. The van der Waals surface area contributed by atoms with Crippen molar-refractivity contribution in [2.75, 3.05) is 13.1 Å². The van der Waals surface area contributed by atoms with Crippen LogP contribution in [0, 0.1) is 24.4 Å². The summed E-state index contributed by atoms with van der Waals surface area (Å²) in [6, 6.07) is 1.80. The normalized spacial score (nSPS) is 19.5. The van der Waals surface area contributed by atoms with Gasteiger partial charge in [-0.3, -0.25) is 10.00 Å². The van der Waals surface area contributed by atoms with Crippen LogP contribution in [0.1, 0.15) is 35.6 Å². The minimum Gasteiger partial charge on any atom is -0.298 e. The van der Waals surface area contributed by atoms with E-state index >= 15 is 0 Å². The average Bonchev–Trinajstić information content (AvgIpc) is 2.94. The number of hydrogen-bond acceptors (Lipinski definition) is 2. The molecule has 1 fully saturated rings. The zero-order valence-electron chi connectivity index (χ0n) is 12.4. The summed E-state index contributed by atoms with van der Waals surface area (Å²) >= 11 is 0. The van der Waals surface area contributed by atoms with Gasteiger partial charge in [0.2, 0.25) is 0 Å². The zero-order valence-corrected chi connectivity index (χ0v) is 12.4. The highest BCUT2D eigenvalue weighted by Crippen LogP contribution is 2.29. The Bertz CT molecular complexity index is 669. The maximum Gasteiger partial charge on any atom is 0.166 e. The van der Waals surface area contributed by atoms with Gasteiger partial charge in [-0.05, 0) is 44.0 Å². The Kier molecular flexibility index (Phi) is 4.20. The van der Waals surface area contributed by atoms with E-state index in [-0.39, 0.29) is 18.0 Å². The molecule has 0 saturated carbocycles. The molecule has 22 heavy (non-hydrogen) atoms. The summed E-state index contributed by atoms with van der Waals surface area (Å²) in [5.41, 5.74) is 1.97. The molecule has 2 heterocycles. The van der Waals surface area contributed by atoms with Gasteiger partial charge in [0.15, 0.2) is 11.6 Å². The predicted octanol–water partition coefficient (Wildman–Crippen LogP) is 3.52. The van der Waals surface area contributed by atoms with Gasteiger partial charge in [-0.15, -0.1) is 0 Å². The second-order valence-corrected chi connectivity index (χ2v) is 5.86. The third-order valence-electron chi connectivity index (χ3n) is 4.30. The van der Waals surface area contributed by atoms with Crippen LogP contribution in [0.4, 0.5) is 13.2 Å². The number of likely N-dealkylation sites (tertiary alicyclic amines) is 1. The van der Waals surface area contributed by atoms with Gasteiger partial charge in [-0.25, -0.2) is 13.2 Å². The highest BCUT2D eigenvalue weighted by atomic mass is 19.2. The molecule has 118 valence electrons. The van der Waals surface area contributed by atoms with Crippen molar-refractivity contribution in [3.8, 4) is 0 Å². The summed E-state index contributed by atoms with van der Waals surface area (Å²) < 4.78 is 40.9. The number of nitrogens with zero attached hydrogens (tertiary/aromatic N) is 2. The number of piperidine rings is 1. The summed E-state index contributed by atoms with van der Waals surface area (Å²) in [4.78, 5) is 1.97. The van der Waals surface area contributed by atoms with Crippen LogP contribution in [0.25, 0.3) is 0 Å². The van der Waals surface area contributed by atoms with Crippen molar-refractivity contribution in [2.24, 2.45) is 0 Å². The SMILES string of the molecule is Cc1cn[nH]c1[C@H]1CCCN(Cc2c(F)ccc(F)c2F)C1. The molecule has 0 unspecified atom stereocenters. The van der Waals surface area contributed by atoms with Crippen molar-refractivity contribution < 1.29 is 13.2 Å². The van der Waals surface area contributed by atoms with E-state index in [2.05, 4.69) is 10.2 Å². The van der Waals surface area contributed by atoms with Crippen LogP contribution in [0.3, 0.4) is 0 Å². The molecule has 3 rings (SSSR count). The fraction of sp³-hybridized carbons (Fsp3) is 0.438. The molecular formula is C16H18F3N3. The number of rotatable bonds is 3. The number of halogens is 3. The van der Waals surface area contributed by atoms with Crippen LogP contribution < -0.4 is 0 Å². The second-order valence-electron chi connectivity index (χ2n) is 5.86. The molecule has 0 amide bonds. The maximum atomic E-state index is 13.8. The van der Waals surface area contributed by atoms with E-state index in [0.29, 0.717) is 6.54 Å². The first-order valence-electron chi connectivity index (χ1n) is 7.41. The third-order valence-corrected chi connectivity index (χ3v) is 4.30. The monoisotopic (exact) mass is 309 g/mol. The molecular weight excluding hydrogens is 291 g/mol. The minimum absolute atomic E-state index is 0.0825. The first-order valence-corrected chi connectivity index (χ1v) is 7.41. The number of aromatic nitrogens is 2. The lowest BCUT2D eigenvalue weighted by Gasteiger charge is -2.32. The Morgan fingerprint density at radius 2 is 2.05 bits per heavy atom. The van der Waals surface area contributed by atoms with Gasteiger partial charge in [0.05, 0.1) is 6.20 Å². The van der Waals surface area contributed by atoms with E-state index in [4.69, 9.17) is 0 Å². The van der Waals surface area contributed by atoms with E-state index in [0.717, 1.165) is 42.8 Å². The Balaban J connectivity index is 1.76. The highest BCUT2D eigenvalue weighted by molar-refractivity contribution is 5.22. The number of aromatic amines is 1. The standard InChI is InChI=1S/C16H18F3N3/c1-10-7-20-21-16(10)11-3-2-6-22(8-11)9-12-13(17)4-5-14(18)15(12)19/h4-5,7,11H,2-3,6,8-9H2,1H3,(H,20,21)/t11-/m0/s1. The van der Waals surface area contributed by atoms with E-state index in [1.54, 1.807) is 6.20 Å². The molecule has 1 atom stereocenters. The Morgan fingerprint density at radius 3 is 2.77 bits per heavy atom. The lowest BCUT2D eigenvalue weighted by Crippen LogP contribution is -2.34. The van der Waals surface area contributed by atoms with Crippen LogP contribution in [-0.4, -0.2) is 28.2 Å². The van der Waals surface area contributed by atoms with E-state index in [9.17, 15) is 13.2 Å². The molecule has 1 aliphatic heterocycles. The third kappa shape index (κ3) is 2.88. The van der Waals surface area contributed by atoms with Crippen molar-refractivity contribution >= 4 is 0 Å². The average molecular weight is 309 g/mol. The van der Waals surface area contributed by atoms with Gasteiger partial charge in [0.1, 0.15) is 5.82 Å². The predicted molar refractivity (Wildman–Crippen MR) is 76.9 cm³/mol. The number of hydrogen-bond donors (Lipinski definition) is 1. The minimum atomic E-state index is -1.08. The van der Waals surface area contributed by atoms with Crippen molar-refractivity contribution in [3.05, 3.63) is 52.6 Å². The van der Waals surface area contributed by atoms with Gasteiger partial charge >= 0.3 is 0 Å². The molecule has 1 saturated heterocycles. The largest absolute Gasteiger partial charge is 0.298 e. The molecule has 0 aliphatic carbocycles. The van der Waals surface area contributed by atoms with Crippen LogP contribution in [0.15, 0.2) is 18.3 Å². The number of aryl methyl sites for hydroxylation is 1. The van der Waals surface area contributed by atoms with E-state index < -0.39 is 17.5 Å².